The standard InChI is InChI=1S/C22H21BrN6O/c1-14-4-2-3-5-17(14)19-10-20(29-21(28-19)18(23)13-27-29)25-11-15-6-8-16(9-7-15)12-26-22(24)30/h2-10,13,25H,11-12H2,1H3,(H3,24,26,30). The second-order valence-electron chi connectivity index (χ2n) is 6.96. The molecule has 2 heterocycles. The number of primary amides is 1. The molecular formula is C22H21BrN6O. The summed E-state index contributed by atoms with van der Waals surface area (Å²) in [7, 11) is 0. The predicted molar refractivity (Wildman–Crippen MR) is 121 cm³/mol. The van der Waals surface area contributed by atoms with Gasteiger partial charge >= 0.3 is 6.03 Å². The van der Waals surface area contributed by atoms with E-state index < -0.39 is 6.03 Å². The molecule has 4 rings (SSSR count). The van der Waals surface area contributed by atoms with Gasteiger partial charge in [-0.1, -0.05) is 48.5 Å². The fourth-order valence-electron chi connectivity index (χ4n) is 3.22. The quantitative estimate of drug-likeness (QED) is 0.397. The van der Waals surface area contributed by atoms with Gasteiger partial charge in [-0.05, 0) is 39.5 Å². The van der Waals surface area contributed by atoms with Crippen LogP contribution in [0.2, 0.25) is 0 Å². The van der Waals surface area contributed by atoms with E-state index in [0.29, 0.717) is 13.1 Å². The van der Waals surface area contributed by atoms with Crippen molar-refractivity contribution in [2.45, 2.75) is 20.0 Å². The molecule has 4 N–H and O–H groups in total. The third-order valence-corrected chi connectivity index (χ3v) is 5.37. The smallest absolute Gasteiger partial charge is 0.312 e. The minimum atomic E-state index is -0.530. The number of hydrogen-bond acceptors (Lipinski definition) is 4. The number of nitrogens with two attached hydrogens (primary N) is 1. The molecule has 8 heteroatoms. The predicted octanol–water partition coefficient (Wildman–Crippen LogP) is 4.25. The maximum atomic E-state index is 10.8. The van der Waals surface area contributed by atoms with Gasteiger partial charge in [-0.3, -0.25) is 0 Å². The Bertz CT molecular complexity index is 1200. The normalized spacial score (nSPS) is 10.9. The third-order valence-electron chi connectivity index (χ3n) is 4.81. The van der Waals surface area contributed by atoms with E-state index in [4.69, 9.17) is 10.7 Å². The summed E-state index contributed by atoms with van der Waals surface area (Å²) in [4.78, 5) is 15.6. The number of nitrogens with zero attached hydrogens (tertiary/aromatic N) is 3. The van der Waals surface area contributed by atoms with Crippen molar-refractivity contribution in [3.8, 4) is 11.3 Å². The number of carbonyl (C=O) groups excluding carboxylic acids is 1. The summed E-state index contributed by atoms with van der Waals surface area (Å²) in [5.74, 6) is 0.850. The number of aryl methyl sites for hydroxylation is 1. The van der Waals surface area contributed by atoms with Crippen LogP contribution in [0, 0.1) is 6.92 Å². The van der Waals surface area contributed by atoms with Crippen LogP contribution in [0.5, 0.6) is 0 Å². The maximum absolute atomic E-state index is 10.8. The van der Waals surface area contributed by atoms with E-state index in [1.54, 1.807) is 10.7 Å². The molecule has 0 aliphatic heterocycles. The molecule has 2 aromatic heterocycles. The first-order valence-electron chi connectivity index (χ1n) is 9.46. The van der Waals surface area contributed by atoms with Crippen LogP contribution < -0.4 is 16.4 Å². The SMILES string of the molecule is Cc1ccccc1-c1cc(NCc2ccc(CNC(N)=O)cc2)n2ncc(Br)c2n1. The van der Waals surface area contributed by atoms with Gasteiger partial charge in [-0.25, -0.2) is 9.78 Å². The first-order chi connectivity index (χ1) is 14.5. The Hall–Kier alpha value is -3.39. The average Bonchev–Trinajstić information content (AvgIpc) is 3.12. The second-order valence-corrected chi connectivity index (χ2v) is 7.81. The zero-order valence-corrected chi connectivity index (χ0v) is 18.0. The van der Waals surface area contributed by atoms with Crippen LogP contribution in [0.1, 0.15) is 16.7 Å². The van der Waals surface area contributed by atoms with Crippen molar-refractivity contribution in [1.82, 2.24) is 19.9 Å². The van der Waals surface area contributed by atoms with E-state index in [0.717, 1.165) is 43.9 Å². The van der Waals surface area contributed by atoms with E-state index in [-0.39, 0.29) is 0 Å². The van der Waals surface area contributed by atoms with E-state index in [1.807, 2.05) is 42.5 Å². The summed E-state index contributed by atoms with van der Waals surface area (Å²) in [6.07, 6.45) is 1.75. The Morgan fingerprint density at radius 3 is 2.50 bits per heavy atom. The summed E-state index contributed by atoms with van der Waals surface area (Å²) in [6, 6.07) is 17.6. The number of rotatable bonds is 6. The number of aromatic nitrogens is 3. The number of hydrogen-bond donors (Lipinski definition) is 3. The largest absolute Gasteiger partial charge is 0.366 e. The highest BCUT2D eigenvalue weighted by Crippen LogP contribution is 2.28. The highest BCUT2D eigenvalue weighted by Gasteiger charge is 2.12. The number of urea groups is 1. The van der Waals surface area contributed by atoms with Crippen molar-refractivity contribution in [3.05, 3.63) is 82.0 Å². The first-order valence-corrected chi connectivity index (χ1v) is 10.3. The molecule has 0 bridgehead atoms. The Labute approximate surface area is 182 Å². The van der Waals surface area contributed by atoms with Gasteiger partial charge in [0.15, 0.2) is 5.65 Å². The summed E-state index contributed by atoms with van der Waals surface area (Å²) in [5.41, 5.74) is 11.1. The fourth-order valence-corrected chi connectivity index (χ4v) is 3.57. The minimum Gasteiger partial charge on any atom is -0.366 e. The van der Waals surface area contributed by atoms with Crippen molar-refractivity contribution in [1.29, 1.82) is 0 Å². The van der Waals surface area contributed by atoms with Crippen LogP contribution in [-0.2, 0) is 13.1 Å². The van der Waals surface area contributed by atoms with Gasteiger partial charge in [0, 0.05) is 24.7 Å². The van der Waals surface area contributed by atoms with Crippen LogP contribution in [-0.4, -0.2) is 20.6 Å². The molecule has 0 aliphatic carbocycles. The van der Waals surface area contributed by atoms with Gasteiger partial charge < -0.3 is 16.4 Å². The van der Waals surface area contributed by atoms with Gasteiger partial charge in [0.2, 0.25) is 0 Å². The first kappa shape index (κ1) is 19.9. The number of nitrogens with one attached hydrogen (secondary N) is 2. The van der Waals surface area contributed by atoms with Crippen molar-refractivity contribution in [2.24, 2.45) is 5.73 Å². The molecular weight excluding hydrogens is 444 g/mol. The zero-order chi connectivity index (χ0) is 21.1. The molecule has 152 valence electrons. The van der Waals surface area contributed by atoms with Crippen molar-refractivity contribution in [3.63, 3.8) is 0 Å². The van der Waals surface area contributed by atoms with Crippen LogP contribution in [0.3, 0.4) is 0 Å². The molecule has 0 atom stereocenters. The monoisotopic (exact) mass is 464 g/mol. The fraction of sp³-hybridized carbons (Fsp3) is 0.136. The van der Waals surface area contributed by atoms with Crippen molar-refractivity contribution in [2.75, 3.05) is 5.32 Å². The molecule has 2 amide bonds. The zero-order valence-electron chi connectivity index (χ0n) is 16.4. The van der Waals surface area contributed by atoms with Gasteiger partial charge in [0.05, 0.1) is 16.4 Å². The molecule has 0 radical (unpaired) electrons. The molecule has 2 aromatic carbocycles. The lowest BCUT2D eigenvalue weighted by Crippen LogP contribution is -2.28. The topological polar surface area (TPSA) is 97.3 Å². The van der Waals surface area contributed by atoms with Crippen molar-refractivity contribution < 1.29 is 4.79 Å². The van der Waals surface area contributed by atoms with Gasteiger partial charge in [-0.15, -0.1) is 0 Å². The van der Waals surface area contributed by atoms with E-state index in [2.05, 4.69) is 50.7 Å². The van der Waals surface area contributed by atoms with Crippen LogP contribution in [0.25, 0.3) is 16.9 Å². The summed E-state index contributed by atoms with van der Waals surface area (Å²) in [6.45, 7) is 3.11. The Kier molecular flexibility index (Phi) is 5.67. The van der Waals surface area contributed by atoms with Gasteiger partial charge in [0.25, 0.3) is 0 Å². The van der Waals surface area contributed by atoms with Crippen LogP contribution in [0.4, 0.5) is 10.6 Å². The molecule has 0 aliphatic rings. The highest BCUT2D eigenvalue weighted by molar-refractivity contribution is 9.10. The molecule has 0 saturated heterocycles. The Morgan fingerprint density at radius 1 is 1.10 bits per heavy atom. The summed E-state index contributed by atoms with van der Waals surface area (Å²) >= 11 is 3.54. The molecule has 0 saturated carbocycles. The lowest BCUT2D eigenvalue weighted by molar-refractivity contribution is 0.248. The van der Waals surface area contributed by atoms with Crippen molar-refractivity contribution >= 4 is 33.4 Å². The molecule has 7 nitrogen and oxygen atoms in total. The van der Waals surface area contributed by atoms with Crippen LogP contribution >= 0.6 is 15.9 Å². The Balaban J connectivity index is 1.59. The second kappa shape index (κ2) is 8.54. The van der Waals surface area contributed by atoms with E-state index in [1.165, 1.54) is 0 Å². The maximum Gasteiger partial charge on any atom is 0.312 e. The number of amides is 2. The Morgan fingerprint density at radius 2 is 1.80 bits per heavy atom. The van der Waals surface area contributed by atoms with E-state index in [9.17, 15) is 4.79 Å². The molecule has 0 fully saturated rings. The number of benzene rings is 2. The number of fused-ring (bicyclic) bond motifs is 1. The molecule has 30 heavy (non-hydrogen) atoms. The number of carbonyl (C=O) groups is 1. The third kappa shape index (κ3) is 4.28. The molecule has 4 aromatic rings. The van der Waals surface area contributed by atoms with Gasteiger partial charge in [0.1, 0.15) is 5.82 Å². The molecule has 0 unspecified atom stereocenters. The number of halogens is 1. The summed E-state index contributed by atoms with van der Waals surface area (Å²) in [5, 5.41) is 10.5. The number of anilines is 1. The van der Waals surface area contributed by atoms with Crippen LogP contribution in [0.15, 0.2) is 65.3 Å². The summed E-state index contributed by atoms with van der Waals surface area (Å²) < 4.78 is 2.63. The molecule has 0 spiro atoms. The van der Waals surface area contributed by atoms with E-state index >= 15 is 0 Å². The minimum absolute atomic E-state index is 0.412. The van der Waals surface area contributed by atoms with Gasteiger partial charge in [-0.2, -0.15) is 9.61 Å². The lowest BCUT2D eigenvalue weighted by Gasteiger charge is -2.12. The highest BCUT2D eigenvalue weighted by atomic mass is 79.9. The lowest BCUT2D eigenvalue weighted by atomic mass is 10.1. The average molecular weight is 465 g/mol.